The number of benzene rings is 1. The Morgan fingerprint density at radius 2 is 1.89 bits per heavy atom. The molecule has 0 unspecified atom stereocenters. The van der Waals surface area contributed by atoms with Crippen molar-refractivity contribution in [2.45, 2.75) is 33.6 Å². The lowest BCUT2D eigenvalue weighted by Gasteiger charge is -2.05. The van der Waals surface area contributed by atoms with Crippen LogP contribution in [0.2, 0.25) is 0 Å². The van der Waals surface area contributed by atoms with E-state index in [9.17, 15) is 0 Å². The molecule has 0 atom stereocenters. The molecule has 2 nitrogen and oxygen atoms in total. The molecule has 18 heavy (non-hydrogen) atoms. The number of aromatic nitrogens is 2. The molecule has 0 saturated heterocycles. The molecule has 0 spiro atoms. The van der Waals surface area contributed by atoms with Crippen molar-refractivity contribution >= 4 is 17.0 Å². The Kier molecular flexibility index (Phi) is 3.75. The molecule has 2 heteroatoms. The van der Waals surface area contributed by atoms with E-state index < -0.39 is 0 Å². The van der Waals surface area contributed by atoms with Crippen LogP contribution in [0.3, 0.4) is 0 Å². The minimum Gasteiger partial charge on any atom is -0.240 e. The molecule has 0 N–H and O–H groups in total. The number of allylic oxidation sites excluding steroid dienone is 1. The molecule has 1 aromatic carbocycles. The molecule has 0 fully saturated rings. The first-order chi connectivity index (χ1) is 8.56. The van der Waals surface area contributed by atoms with E-state index in [0.717, 1.165) is 16.7 Å². The molecule has 2 rings (SSSR count). The standard InChI is InChI=1S/C16H20N2/c1-11(2)5-6-13-7-8-15-14(9-13)10-17-16(18-15)12(3)4/h5-12H,1-4H3/b6-5+. The average Bonchev–Trinajstić information content (AvgIpc) is 2.35. The number of fused-ring (bicyclic) bond motifs is 1. The van der Waals surface area contributed by atoms with E-state index in [-0.39, 0.29) is 0 Å². The summed E-state index contributed by atoms with van der Waals surface area (Å²) in [6.07, 6.45) is 6.27. The van der Waals surface area contributed by atoms with Crippen molar-refractivity contribution in [3.05, 3.63) is 41.9 Å². The van der Waals surface area contributed by atoms with Crippen LogP contribution in [0, 0.1) is 5.92 Å². The van der Waals surface area contributed by atoms with Gasteiger partial charge in [-0.2, -0.15) is 0 Å². The lowest BCUT2D eigenvalue weighted by molar-refractivity contribution is 0.783. The Bertz CT molecular complexity index is 568. The van der Waals surface area contributed by atoms with Crippen molar-refractivity contribution in [2.24, 2.45) is 5.92 Å². The van der Waals surface area contributed by atoms with Gasteiger partial charge in [-0.05, 0) is 23.6 Å². The van der Waals surface area contributed by atoms with Crippen LogP contribution < -0.4 is 0 Å². The number of nitrogens with zero attached hydrogens (tertiary/aromatic N) is 2. The number of hydrogen-bond acceptors (Lipinski definition) is 2. The smallest absolute Gasteiger partial charge is 0.131 e. The zero-order valence-corrected chi connectivity index (χ0v) is 11.5. The Morgan fingerprint density at radius 1 is 1.11 bits per heavy atom. The van der Waals surface area contributed by atoms with Crippen molar-refractivity contribution < 1.29 is 0 Å². The van der Waals surface area contributed by atoms with Gasteiger partial charge in [-0.25, -0.2) is 9.97 Å². The van der Waals surface area contributed by atoms with Crippen LogP contribution in [0.1, 0.15) is 45.0 Å². The van der Waals surface area contributed by atoms with Gasteiger partial charge in [0.15, 0.2) is 0 Å². The van der Waals surface area contributed by atoms with Gasteiger partial charge in [0.2, 0.25) is 0 Å². The van der Waals surface area contributed by atoms with Gasteiger partial charge >= 0.3 is 0 Å². The second-order valence-electron chi connectivity index (χ2n) is 5.30. The molecule has 0 radical (unpaired) electrons. The van der Waals surface area contributed by atoms with Crippen molar-refractivity contribution in [3.63, 3.8) is 0 Å². The van der Waals surface area contributed by atoms with Crippen molar-refractivity contribution in [3.8, 4) is 0 Å². The average molecular weight is 240 g/mol. The lowest BCUT2D eigenvalue weighted by Crippen LogP contribution is -1.96. The van der Waals surface area contributed by atoms with E-state index in [1.807, 2.05) is 6.20 Å². The molecule has 0 bridgehead atoms. The molecular weight excluding hydrogens is 220 g/mol. The normalized spacial score (nSPS) is 12.1. The molecule has 1 aromatic heterocycles. The third kappa shape index (κ3) is 2.95. The highest BCUT2D eigenvalue weighted by molar-refractivity contribution is 5.80. The molecule has 0 aliphatic heterocycles. The minimum atomic E-state index is 0.370. The maximum absolute atomic E-state index is 4.58. The zero-order chi connectivity index (χ0) is 13.1. The highest BCUT2D eigenvalue weighted by Gasteiger charge is 2.04. The van der Waals surface area contributed by atoms with Gasteiger partial charge in [-0.1, -0.05) is 45.9 Å². The highest BCUT2D eigenvalue weighted by Crippen LogP contribution is 2.17. The fourth-order valence-electron chi connectivity index (χ4n) is 1.75. The van der Waals surface area contributed by atoms with Crippen LogP contribution in [0.5, 0.6) is 0 Å². The Hall–Kier alpha value is -1.70. The summed E-state index contributed by atoms with van der Waals surface area (Å²) in [4.78, 5) is 8.98. The fourth-order valence-corrected chi connectivity index (χ4v) is 1.75. The molecular formula is C16H20N2. The highest BCUT2D eigenvalue weighted by atomic mass is 14.9. The summed E-state index contributed by atoms with van der Waals surface area (Å²) in [5.74, 6) is 1.85. The summed E-state index contributed by atoms with van der Waals surface area (Å²) in [5.41, 5.74) is 2.23. The third-order valence-corrected chi connectivity index (χ3v) is 2.81. The van der Waals surface area contributed by atoms with Gasteiger partial charge in [0, 0.05) is 17.5 Å². The molecule has 94 valence electrons. The monoisotopic (exact) mass is 240 g/mol. The van der Waals surface area contributed by atoms with Crippen LogP contribution in [-0.4, -0.2) is 9.97 Å². The van der Waals surface area contributed by atoms with Crippen LogP contribution in [0.4, 0.5) is 0 Å². The summed E-state index contributed by atoms with van der Waals surface area (Å²) >= 11 is 0. The van der Waals surface area contributed by atoms with Gasteiger partial charge < -0.3 is 0 Å². The molecule has 0 saturated carbocycles. The topological polar surface area (TPSA) is 25.8 Å². The maximum Gasteiger partial charge on any atom is 0.131 e. The van der Waals surface area contributed by atoms with Crippen molar-refractivity contribution in [1.82, 2.24) is 9.97 Å². The van der Waals surface area contributed by atoms with Crippen LogP contribution >= 0.6 is 0 Å². The van der Waals surface area contributed by atoms with Crippen LogP contribution in [-0.2, 0) is 0 Å². The van der Waals surface area contributed by atoms with Gasteiger partial charge in [0.25, 0.3) is 0 Å². The lowest BCUT2D eigenvalue weighted by atomic mass is 10.1. The predicted octanol–water partition coefficient (Wildman–Crippen LogP) is 4.42. The second kappa shape index (κ2) is 5.30. The quantitative estimate of drug-likeness (QED) is 0.793. The van der Waals surface area contributed by atoms with Gasteiger partial charge in [-0.15, -0.1) is 0 Å². The molecule has 0 amide bonds. The second-order valence-corrected chi connectivity index (χ2v) is 5.30. The first kappa shape index (κ1) is 12.7. The summed E-state index contributed by atoms with van der Waals surface area (Å²) < 4.78 is 0. The largest absolute Gasteiger partial charge is 0.240 e. The van der Waals surface area contributed by atoms with Gasteiger partial charge in [0.1, 0.15) is 5.82 Å². The first-order valence-corrected chi connectivity index (χ1v) is 6.51. The summed E-state index contributed by atoms with van der Waals surface area (Å²) in [5, 5.41) is 1.10. The van der Waals surface area contributed by atoms with E-state index in [2.05, 4.69) is 68.0 Å². The van der Waals surface area contributed by atoms with E-state index in [1.165, 1.54) is 5.56 Å². The predicted molar refractivity (Wildman–Crippen MR) is 77.5 cm³/mol. The maximum atomic E-state index is 4.58. The molecule has 2 aromatic rings. The molecule has 0 aliphatic rings. The third-order valence-electron chi connectivity index (χ3n) is 2.81. The summed E-state index contributed by atoms with van der Waals surface area (Å²) in [7, 11) is 0. The minimum absolute atomic E-state index is 0.370. The molecule has 1 heterocycles. The zero-order valence-electron chi connectivity index (χ0n) is 11.5. The van der Waals surface area contributed by atoms with Crippen LogP contribution in [0.15, 0.2) is 30.5 Å². The SMILES string of the molecule is CC(C)/C=C/c1ccc2nc(C(C)C)ncc2c1. The number of hydrogen-bond donors (Lipinski definition) is 0. The van der Waals surface area contributed by atoms with Crippen LogP contribution in [0.25, 0.3) is 17.0 Å². The Morgan fingerprint density at radius 3 is 2.56 bits per heavy atom. The number of rotatable bonds is 3. The fraction of sp³-hybridized carbons (Fsp3) is 0.375. The Balaban J connectivity index is 2.38. The summed E-state index contributed by atoms with van der Waals surface area (Å²) in [6.45, 7) is 8.58. The first-order valence-electron chi connectivity index (χ1n) is 6.51. The van der Waals surface area contributed by atoms with E-state index in [1.54, 1.807) is 0 Å². The molecule has 0 aliphatic carbocycles. The summed E-state index contributed by atoms with van der Waals surface area (Å²) in [6, 6.07) is 6.32. The van der Waals surface area contributed by atoms with Crippen molar-refractivity contribution in [2.75, 3.05) is 0 Å². The van der Waals surface area contributed by atoms with Crippen molar-refractivity contribution in [1.29, 1.82) is 0 Å². The van der Waals surface area contributed by atoms with Gasteiger partial charge in [0.05, 0.1) is 5.52 Å². The van der Waals surface area contributed by atoms with E-state index >= 15 is 0 Å². The van der Waals surface area contributed by atoms with E-state index in [4.69, 9.17) is 0 Å². The van der Waals surface area contributed by atoms with E-state index in [0.29, 0.717) is 11.8 Å². The Labute approximate surface area is 109 Å². The van der Waals surface area contributed by atoms with Gasteiger partial charge in [-0.3, -0.25) is 0 Å².